The topological polar surface area (TPSA) is 88.5 Å². The van der Waals surface area contributed by atoms with Crippen LogP contribution in [0.15, 0.2) is 46.9 Å². The molecule has 0 fully saturated rings. The molecular formula is C16H18N2O4. The summed E-state index contributed by atoms with van der Waals surface area (Å²) in [5.41, 5.74) is 1.96. The van der Waals surface area contributed by atoms with Gasteiger partial charge in [-0.05, 0) is 32.9 Å². The van der Waals surface area contributed by atoms with E-state index in [1.807, 2.05) is 0 Å². The number of nitrogens with one attached hydrogen (secondary N) is 1. The summed E-state index contributed by atoms with van der Waals surface area (Å²) in [4.78, 5) is 28.2. The molecule has 0 bridgehead atoms. The van der Waals surface area contributed by atoms with Crippen molar-refractivity contribution >= 4 is 11.9 Å². The maximum Gasteiger partial charge on any atom is 0.336 e. The van der Waals surface area contributed by atoms with E-state index >= 15 is 0 Å². The van der Waals surface area contributed by atoms with Crippen molar-refractivity contribution in [3.05, 3.63) is 52.6 Å². The van der Waals surface area contributed by atoms with Gasteiger partial charge in [-0.25, -0.2) is 9.59 Å². The second-order valence-corrected chi connectivity index (χ2v) is 4.92. The lowest BCUT2D eigenvalue weighted by molar-refractivity contribution is -0.138. The fourth-order valence-electron chi connectivity index (χ4n) is 2.60. The average molecular weight is 302 g/mol. The number of dihydropyridines is 1. The van der Waals surface area contributed by atoms with E-state index in [-0.39, 0.29) is 17.8 Å². The third kappa shape index (κ3) is 2.86. The average Bonchev–Trinajstić information content (AvgIpc) is 2.47. The summed E-state index contributed by atoms with van der Waals surface area (Å²) < 4.78 is 5.09. The fourth-order valence-corrected chi connectivity index (χ4v) is 2.60. The molecule has 1 aliphatic rings. The molecule has 0 saturated heterocycles. The van der Waals surface area contributed by atoms with Crippen LogP contribution in [-0.2, 0) is 14.3 Å². The number of hydrogen-bond acceptors (Lipinski definition) is 5. The minimum absolute atomic E-state index is 0.104. The molecule has 6 nitrogen and oxygen atoms in total. The summed E-state index contributed by atoms with van der Waals surface area (Å²) in [7, 11) is 0. The Kier molecular flexibility index (Phi) is 4.60. The molecule has 1 aromatic heterocycles. The van der Waals surface area contributed by atoms with Crippen LogP contribution in [0.1, 0.15) is 32.4 Å². The lowest BCUT2D eigenvalue weighted by Gasteiger charge is -2.28. The van der Waals surface area contributed by atoms with Gasteiger partial charge in [0.15, 0.2) is 0 Å². The molecule has 2 N–H and O–H groups in total. The van der Waals surface area contributed by atoms with Gasteiger partial charge >= 0.3 is 11.9 Å². The molecule has 0 saturated carbocycles. The van der Waals surface area contributed by atoms with Crippen molar-refractivity contribution in [2.24, 2.45) is 0 Å². The highest BCUT2D eigenvalue weighted by molar-refractivity contribution is 5.99. The molecule has 1 atom stereocenters. The zero-order chi connectivity index (χ0) is 16.3. The van der Waals surface area contributed by atoms with Crippen LogP contribution in [-0.4, -0.2) is 28.6 Å². The second-order valence-electron chi connectivity index (χ2n) is 4.92. The smallest absolute Gasteiger partial charge is 0.336 e. The quantitative estimate of drug-likeness (QED) is 0.827. The number of nitrogens with zero attached hydrogens (tertiary/aromatic N) is 1. The highest BCUT2D eigenvalue weighted by Gasteiger charge is 2.37. The Morgan fingerprint density at radius 3 is 2.50 bits per heavy atom. The standard InChI is InChI=1S/C16H18N2O4/c1-4-22-16(21)13-10(3)18-9(2)12(15(19)20)14(13)11-7-5-6-8-17-11/h5-8,14,18H,4H2,1-3H3,(H,19,20). The van der Waals surface area contributed by atoms with Gasteiger partial charge in [0.25, 0.3) is 0 Å². The predicted molar refractivity (Wildman–Crippen MR) is 79.8 cm³/mol. The van der Waals surface area contributed by atoms with Gasteiger partial charge in [0.1, 0.15) is 0 Å². The molecule has 116 valence electrons. The number of hydrogen-bond donors (Lipinski definition) is 2. The van der Waals surface area contributed by atoms with Gasteiger partial charge in [0, 0.05) is 17.6 Å². The van der Waals surface area contributed by atoms with E-state index in [9.17, 15) is 14.7 Å². The van der Waals surface area contributed by atoms with Crippen LogP contribution in [0.25, 0.3) is 0 Å². The number of carbonyl (C=O) groups excluding carboxylic acids is 1. The van der Waals surface area contributed by atoms with Gasteiger partial charge in [0.2, 0.25) is 0 Å². The summed E-state index contributed by atoms with van der Waals surface area (Å²) in [5.74, 6) is -2.37. The Labute approximate surface area is 128 Å². The fraction of sp³-hybridized carbons (Fsp3) is 0.312. The molecule has 6 heteroatoms. The second kappa shape index (κ2) is 6.43. The van der Waals surface area contributed by atoms with Gasteiger partial charge in [-0.15, -0.1) is 0 Å². The van der Waals surface area contributed by atoms with Crippen LogP contribution in [0, 0.1) is 0 Å². The van der Waals surface area contributed by atoms with Gasteiger partial charge in [-0.2, -0.15) is 0 Å². The van der Waals surface area contributed by atoms with Crippen molar-refractivity contribution in [3.63, 3.8) is 0 Å². The number of carboxylic acid groups (broad SMARTS) is 1. The number of esters is 1. The first-order valence-corrected chi connectivity index (χ1v) is 6.97. The van der Waals surface area contributed by atoms with Crippen LogP contribution < -0.4 is 5.32 Å². The number of carboxylic acids is 1. The van der Waals surface area contributed by atoms with Crippen molar-refractivity contribution < 1.29 is 19.4 Å². The van der Waals surface area contributed by atoms with Crippen LogP contribution in [0.5, 0.6) is 0 Å². The van der Waals surface area contributed by atoms with E-state index in [0.29, 0.717) is 17.1 Å². The van der Waals surface area contributed by atoms with E-state index in [1.165, 1.54) is 0 Å². The van der Waals surface area contributed by atoms with Gasteiger partial charge in [-0.3, -0.25) is 4.98 Å². The molecular weight excluding hydrogens is 284 g/mol. The normalized spacial score (nSPS) is 18.0. The molecule has 22 heavy (non-hydrogen) atoms. The van der Waals surface area contributed by atoms with E-state index in [1.54, 1.807) is 45.2 Å². The molecule has 2 heterocycles. The predicted octanol–water partition coefficient (Wildman–Crippen LogP) is 1.96. The third-order valence-corrected chi connectivity index (χ3v) is 3.47. The summed E-state index contributed by atoms with van der Waals surface area (Å²) in [5, 5.41) is 12.5. The number of rotatable bonds is 4. The van der Waals surface area contributed by atoms with Crippen molar-refractivity contribution in [1.82, 2.24) is 10.3 Å². The number of aromatic nitrogens is 1. The molecule has 1 aromatic rings. The lowest BCUT2D eigenvalue weighted by Crippen LogP contribution is -2.32. The number of aliphatic carboxylic acids is 1. The molecule has 1 aliphatic heterocycles. The monoisotopic (exact) mass is 302 g/mol. The number of allylic oxidation sites excluding steroid dienone is 2. The first-order chi connectivity index (χ1) is 10.5. The molecule has 0 aliphatic carbocycles. The molecule has 0 radical (unpaired) electrons. The Morgan fingerprint density at radius 2 is 1.95 bits per heavy atom. The number of pyridine rings is 1. The van der Waals surface area contributed by atoms with Crippen LogP contribution >= 0.6 is 0 Å². The van der Waals surface area contributed by atoms with Crippen molar-refractivity contribution in [1.29, 1.82) is 0 Å². The summed E-state index contributed by atoms with van der Waals surface area (Å²) in [6, 6.07) is 5.21. The zero-order valence-electron chi connectivity index (χ0n) is 12.7. The highest BCUT2D eigenvalue weighted by Crippen LogP contribution is 2.37. The minimum Gasteiger partial charge on any atom is -0.478 e. The first kappa shape index (κ1) is 15.8. The molecule has 0 amide bonds. The maximum atomic E-state index is 12.3. The highest BCUT2D eigenvalue weighted by atomic mass is 16.5. The van der Waals surface area contributed by atoms with E-state index in [0.717, 1.165) is 0 Å². The number of carbonyl (C=O) groups is 2. The van der Waals surface area contributed by atoms with Crippen LogP contribution in [0.3, 0.4) is 0 Å². The van der Waals surface area contributed by atoms with Crippen molar-refractivity contribution in [2.45, 2.75) is 26.7 Å². The lowest BCUT2D eigenvalue weighted by atomic mass is 9.83. The van der Waals surface area contributed by atoms with Gasteiger partial charge < -0.3 is 15.2 Å². The largest absolute Gasteiger partial charge is 0.478 e. The van der Waals surface area contributed by atoms with Gasteiger partial charge in [0.05, 0.1) is 29.4 Å². The summed E-state index contributed by atoms with van der Waals surface area (Å²) >= 11 is 0. The van der Waals surface area contributed by atoms with E-state index in [4.69, 9.17) is 4.74 Å². The summed E-state index contributed by atoms with van der Waals surface area (Å²) in [6.07, 6.45) is 1.57. The van der Waals surface area contributed by atoms with E-state index in [2.05, 4.69) is 10.3 Å². The zero-order valence-corrected chi connectivity index (χ0v) is 12.7. The van der Waals surface area contributed by atoms with Crippen molar-refractivity contribution in [2.75, 3.05) is 6.61 Å². The molecule has 1 unspecified atom stereocenters. The van der Waals surface area contributed by atoms with Crippen molar-refractivity contribution in [3.8, 4) is 0 Å². The Bertz CT molecular complexity index is 662. The minimum atomic E-state index is -1.09. The molecule has 2 rings (SSSR count). The molecule has 0 spiro atoms. The third-order valence-electron chi connectivity index (χ3n) is 3.47. The summed E-state index contributed by atoms with van der Waals surface area (Å²) in [6.45, 7) is 5.32. The Morgan fingerprint density at radius 1 is 1.27 bits per heavy atom. The van der Waals surface area contributed by atoms with Crippen LogP contribution in [0.4, 0.5) is 0 Å². The molecule has 0 aromatic carbocycles. The maximum absolute atomic E-state index is 12.3. The Balaban J connectivity index is 2.62. The number of ether oxygens (including phenoxy) is 1. The van der Waals surface area contributed by atoms with E-state index < -0.39 is 17.9 Å². The van der Waals surface area contributed by atoms with Crippen LogP contribution in [0.2, 0.25) is 0 Å². The SMILES string of the molecule is CCOC(=O)C1=C(C)NC(C)=C(C(=O)O)C1c1ccccn1. The van der Waals surface area contributed by atoms with Gasteiger partial charge in [-0.1, -0.05) is 6.07 Å². The first-order valence-electron chi connectivity index (χ1n) is 6.97. The Hall–Kier alpha value is -2.63.